The normalized spacial score (nSPS) is 12.2. The van der Waals surface area contributed by atoms with Crippen LogP contribution in [0.15, 0.2) is 46.9 Å². The van der Waals surface area contributed by atoms with Crippen molar-refractivity contribution >= 4 is 21.6 Å². The molecule has 19 heavy (non-hydrogen) atoms. The van der Waals surface area contributed by atoms with E-state index in [9.17, 15) is 9.50 Å². The molecule has 100 valence electrons. The number of benzene rings is 2. The molecule has 2 aromatic carbocycles. The Bertz CT molecular complexity index is 574. The zero-order valence-electron chi connectivity index (χ0n) is 10.5. The predicted octanol–water partition coefficient (Wildman–Crippen LogP) is 4.04. The van der Waals surface area contributed by atoms with Crippen LogP contribution in [0.3, 0.4) is 0 Å². The van der Waals surface area contributed by atoms with Crippen LogP contribution in [0.25, 0.3) is 0 Å². The first-order valence-electron chi connectivity index (χ1n) is 5.99. The van der Waals surface area contributed by atoms with Crippen LogP contribution in [-0.2, 0) is 0 Å². The monoisotopic (exact) mass is 323 g/mol. The number of rotatable bonds is 4. The first-order valence-corrected chi connectivity index (χ1v) is 6.78. The smallest absolute Gasteiger partial charge is 0.128 e. The van der Waals surface area contributed by atoms with Crippen molar-refractivity contribution in [3.05, 3.63) is 63.9 Å². The van der Waals surface area contributed by atoms with Gasteiger partial charge < -0.3 is 10.4 Å². The zero-order chi connectivity index (χ0) is 13.8. The largest absolute Gasteiger partial charge is 0.394 e. The van der Waals surface area contributed by atoms with Crippen LogP contribution in [0, 0.1) is 12.7 Å². The van der Waals surface area contributed by atoms with Gasteiger partial charge in [0.15, 0.2) is 0 Å². The van der Waals surface area contributed by atoms with E-state index >= 15 is 0 Å². The fourth-order valence-electron chi connectivity index (χ4n) is 1.94. The standard InChI is InChI=1S/C15H15BrFNO/c1-10-3-2-4-12(7-10)18-15(9-19)13-8-11(16)5-6-14(13)17/h2-8,15,18-19H,9H2,1H3. The topological polar surface area (TPSA) is 32.3 Å². The van der Waals surface area contributed by atoms with Crippen LogP contribution in [0.4, 0.5) is 10.1 Å². The summed E-state index contributed by atoms with van der Waals surface area (Å²) in [6.45, 7) is 1.81. The van der Waals surface area contributed by atoms with E-state index in [4.69, 9.17) is 0 Å². The predicted molar refractivity (Wildman–Crippen MR) is 78.7 cm³/mol. The minimum atomic E-state index is -0.473. The molecule has 0 aliphatic heterocycles. The van der Waals surface area contributed by atoms with Gasteiger partial charge in [0.1, 0.15) is 5.82 Å². The minimum Gasteiger partial charge on any atom is -0.394 e. The van der Waals surface area contributed by atoms with Gasteiger partial charge in [-0.05, 0) is 42.8 Å². The zero-order valence-corrected chi connectivity index (χ0v) is 12.1. The molecule has 0 heterocycles. The lowest BCUT2D eigenvalue weighted by Gasteiger charge is -2.19. The number of anilines is 1. The van der Waals surface area contributed by atoms with Crippen molar-refractivity contribution in [2.24, 2.45) is 0 Å². The van der Waals surface area contributed by atoms with Gasteiger partial charge in [-0.3, -0.25) is 0 Å². The van der Waals surface area contributed by atoms with E-state index in [-0.39, 0.29) is 12.4 Å². The Kier molecular flexibility index (Phi) is 4.56. The van der Waals surface area contributed by atoms with Gasteiger partial charge in [-0.1, -0.05) is 28.1 Å². The van der Waals surface area contributed by atoms with E-state index in [1.807, 2.05) is 31.2 Å². The maximum atomic E-state index is 13.8. The Hall–Kier alpha value is -1.39. The molecule has 2 N–H and O–H groups in total. The summed E-state index contributed by atoms with van der Waals surface area (Å²) >= 11 is 3.31. The summed E-state index contributed by atoms with van der Waals surface area (Å²) < 4.78 is 14.6. The first kappa shape index (κ1) is 14.0. The summed E-state index contributed by atoms with van der Waals surface area (Å²) in [5, 5.41) is 12.6. The van der Waals surface area contributed by atoms with Crippen molar-refractivity contribution in [1.29, 1.82) is 0 Å². The van der Waals surface area contributed by atoms with Gasteiger partial charge in [0.2, 0.25) is 0 Å². The van der Waals surface area contributed by atoms with Gasteiger partial charge in [0, 0.05) is 15.7 Å². The third-order valence-corrected chi connectivity index (χ3v) is 3.37. The quantitative estimate of drug-likeness (QED) is 0.889. The maximum absolute atomic E-state index is 13.8. The Morgan fingerprint density at radius 2 is 2.05 bits per heavy atom. The summed E-state index contributed by atoms with van der Waals surface area (Å²) in [7, 11) is 0. The SMILES string of the molecule is Cc1cccc(NC(CO)c2cc(Br)ccc2F)c1. The van der Waals surface area contributed by atoms with Crippen LogP contribution < -0.4 is 5.32 Å². The van der Waals surface area contributed by atoms with E-state index in [1.165, 1.54) is 6.07 Å². The van der Waals surface area contributed by atoms with Gasteiger partial charge >= 0.3 is 0 Å². The fourth-order valence-corrected chi connectivity index (χ4v) is 2.32. The molecule has 2 aromatic rings. The Labute approximate surface area is 120 Å². The number of nitrogens with one attached hydrogen (secondary N) is 1. The number of aryl methyl sites for hydroxylation is 1. The van der Waals surface area contributed by atoms with Crippen LogP contribution in [0.2, 0.25) is 0 Å². The number of hydrogen-bond acceptors (Lipinski definition) is 2. The molecule has 0 fully saturated rings. The fraction of sp³-hybridized carbons (Fsp3) is 0.200. The molecule has 0 bridgehead atoms. The lowest BCUT2D eigenvalue weighted by Crippen LogP contribution is -2.16. The Balaban J connectivity index is 2.27. The van der Waals surface area contributed by atoms with Crippen LogP contribution in [0.1, 0.15) is 17.2 Å². The van der Waals surface area contributed by atoms with Crippen molar-refractivity contribution in [3.8, 4) is 0 Å². The molecule has 0 radical (unpaired) electrons. The van der Waals surface area contributed by atoms with Crippen molar-refractivity contribution in [1.82, 2.24) is 0 Å². The average molecular weight is 324 g/mol. The van der Waals surface area contributed by atoms with Crippen molar-refractivity contribution in [3.63, 3.8) is 0 Å². The van der Waals surface area contributed by atoms with E-state index in [0.29, 0.717) is 5.56 Å². The molecular formula is C15H15BrFNO. The highest BCUT2D eigenvalue weighted by atomic mass is 79.9. The van der Waals surface area contributed by atoms with Crippen molar-refractivity contribution < 1.29 is 9.50 Å². The molecular weight excluding hydrogens is 309 g/mol. The molecule has 0 saturated carbocycles. The van der Waals surface area contributed by atoms with E-state index in [2.05, 4.69) is 21.2 Å². The summed E-state index contributed by atoms with van der Waals surface area (Å²) in [5.74, 6) is -0.331. The number of aliphatic hydroxyl groups is 1. The highest BCUT2D eigenvalue weighted by Crippen LogP contribution is 2.25. The molecule has 2 nitrogen and oxygen atoms in total. The second-order valence-electron chi connectivity index (χ2n) is 4.41. The van der Waals surface area contributed by atoms with Crippen LogP contribution in [-0.4, -0.2) is 11.7 Å². The maximum Gasteiger partial charge on any atom is 0.128 e. The molecule has 0 spiro atoms. The summed E-state index contributed by atoms with van der Waals surface area (Å²) in [5.41, 5.74) is 2.41. The lowest BCUT2D eigenvalue weighted by molar-refractivity contribution is 0.274. The first-order chi connectivity index (χ1) is 9.10. The Morgan fingerprint density at radius 3 is 2.74 bits per heavy atom. The van der Waals surface area contributed by atoms with E-state index in [1.54, 1.807) is 12.1 Å². The molecule has 0 saturated heterocycles. The van der Waals surface area contributed by atoms with Gasteiger partial charge in [0.25, 0.3) is 0 Å². The molecule has 0 amide bonds. The van der Waals surface area contributed by atoms with Gasteiger partial charge in [-0.15, -0.1) is 0 Å². The molecule has 0 aromatic heterocycles. The molecule has 1 unspecified atom stereocenters. The van der Waals surface area contributed by atoms with Gasteiger partial charge in [-0.2, -0.15) is 0 Å². The summed E-state index contributed by atoms with van der Waals surface area (Å²) in [4.78, 5) is 0. The highest BCUT2D eigenvalue weighted by Gasteiger charge is 2.15. The molecule has 4 heteroatoms. The average Bonchev–Trinajstić information content (AvgIpc) is 2.39. The second kappa shape index (κ2) is 6.17. The minimum absolute atomic E-state index is 0.179. The second-order valence-corrected chi connectivity index (χ2v) is 5.33. The third-order valence-electron chi connectivity index (χ3n) is 2.88. The van der Waals surface area contributed by atoms with Crippen molar-refractivity contribution in [2.75, 3.05) is 11.9 Å². The van der Waals surface area contributed by atoms with Crippen molar-refractivity contribution in [2.45, 2.75) is 13.0 Å². The van der Waals surface area contributed by atoms with Crippen LogP contribution in [0.5, 0.6) is 0 Å². The van der Waals surface area contributed by atoms with Crippen LogP contribution >= 0.6 is 15.9 Å². The summed E-state index contributed by atoms with van der Waals surface area (Å²) in [6, 6.07) is 12.0. The highest BCUT2D eigenvalue weighted by molar-refractivity contribution is 9.10. The molecule has 0 aliphatic carbocycles. The van der Waals surface area contributed by atoms with Gasteiger partial charge in [0.05, 0.1) is 12.6 Å². The van der Waals surface area contributed by atoms with E-state index in [0.717, 1.165) is 15.7 Å². The van der Waals surface area contributed by atoms with E-state index < -0.39 is 6.04 Å². The molecule has 2 rings (SSSR count). The lowest BCUT2D eigenvalue weighted by atomic mass is 10.1. The molecule has 1 atom stereocenters. The number of hydrogen-bond donors (Lipinski definition) is 2. The summed E-state index contributed by atoms with van der Waals surface area (Å²) in [6.07, 6.45) is 0. The third kappa shape index (κ3) is 3.55. The van der Waals surface area contributed by atoms with Gasteiger partial charge in [-0.25, -0.2) is 4.39 Å². The number of halogens is 2. The molecule has 0 aliphatic rings. The Morgan fingerprint density at radius 1 is 1.26 bits per heavy atom. The number of aliphatic hydroxyl groups excluding tert-OH is 1.